The van der Waals surface area contributed by atoms with Crippen LogP contribution in [-0.4, -0.2) is 31.9 Å². The third-order valence-electron chi connectivity index (χ3n) is 4.78. The Labute approximate surface area is 199 Å². The van der Waals surface area contributed by atoms with Gasteiger partial charge >= 0.3 is 0 Å². The van der Waals surface area contributed by atoms with Crippen LogP contribution >= 0.6 is 11.8 Å². The maximum Gasteiger partial charge on any atom is 0.272 e. The summed E-state index contributed by atoms with van der Waals surface area (Å²) in [5.41, 5.74) is 3.59. The van der Waals surface area contributed by atoms with Crippen LogP contribution in [-0.2, 0) is 13.6 Å². The fourth-order valence-electron chi connectivity index (χ4n) is 3.05. The van der Waals surface area contributed by atoms with Crippen molar-refractivity contribution in [2.45, 2.75) is 13.5 Å². The molecule has 0 aliphatic heterocycles. The number of nitriles is 1. The molecule has 2 aromatic carbocycles. The molecule has 2 N–H and O–H groups in total. The number of hydrogen-bond donors (Lipinski definition) is 2. The van der Waals surface area contributed by atoms with Crippen LogP contribution in [0.25, 0.3) is 11.0 Å². The Bertz CT molecular complexity index is 1380. The summed E-state index contributed by atoms with van der Waals surface area (Å²) in [6.45, 7) is 1.93. The summed E-state index contributed by atoms with van der Waals surface area (Å²) in [5.74, 6) is -0.313. The number of nitrogens with one attached hydrogen (secondary N) is 2. The summed E-state index contributed by atoms with van der Waals surface area (Å²) in [7, 11) is 1.67. The SMILES string of the molecule is Cc1cc(CNC(=O)c2ncnc3c(NCl)nn(C)c23)ccc1F.N#Cc1ccc(C=O)cc1. The van der Waals surface area contributed by atoms with Crippen LogP contribution in [0, 0.1) is 24.1 Å². The summed E-state index contributed by atoms with van der Waals surface area (Å²) in [5, 5.41) is 15.3. The highest BCUT2D eigenvalue weighted by molar-refractivity contribution is 6.25. The van der Waals surface area contributed by atoms with Crippen molar-refractivity contribution < 1.29 is 14.0 Å². The van der Waals surface area contributed by atoms with E-state index >= 15 is 0 Å². The minimum Gasteiger partial charge on any atom is -0.347 e. The summed E-state index contributed by atoms with van der Waals surface area (Å²) in [6.07, 6.45) is 2.03. The fraction of sp³-hybridized carbons (Fsp3) is 0.130. The fourth-order valence-corrected chi connectivity index (χ4v) is 3.18. The van der Waals surface area contributed by atoms with Gasteiger partial charge < -0.3 is 5.32 Å². The number of amides is 1. The van der Waals surface area contributed by atoms with E-state index in [0.29, 0.717) is 33.5 Å². The average Bonchev–Trinajstić information content (AvgIpc) is 3.20. The first-order valence-electron chi connectivity index (χ1n) is 9.90. The third kappa shape index (κ3) is 5.51. The zero-order chi connectivity index (χ0) is 24.7. The number of aromatic nitrogens is 4. The van der Waals surface area contributed by atoms with Crippen molar-refractivity contribution in [2.75, 3.05) is 4.84 Å². The largest absolute Gasteiger partial charge is 0.347 e. The molecule has 2 heterocycles. The summed E-state index contributed by atoms with van der Waals surface area (Å²) >= 11 is 5.60. The van der Waals surface area contributed by atoms with Gasteiger partial charge in [-0.2, -0.15) is 10.4 Å². The molecule has 0 saturated carbocycles. The highest BCUT2D eigenvalue weighted by Gasteiger charge is 2.19. The lowest BCUT2D eigenvalue weighted by atomic mass is 10.1. The van der Waals surface area contributed by atoms with Gasteiger partial charge in [0.2, 0.25) is 0 Å². The Balaban J connectivity index is 0.000000271. The molecule has 4 aromatic rings. The number of carbonyl (C=O) groups is 2. The number of carbonyl (C=O) groups excluding carboxylic acids is 2. The van der Waals surface area contributed by atoms with Gasteiger partial charge in [-0.25, -0.2) is 14.4 Å². The summed E-state index contributed by atoms with van der Waals surface area (Å²) < 4.78 is 14.8. The van der Waals surface area contributed by atoms with E-state index in [1.165, 1.54) is 17.1 Å². The highest BCUT2D eigenvalue weighted by Crippen LogP contribution is 2.22. The van der Waals surface area contributed by atoms with Gasteiger partial charge in [0.1, 0.15) is 29.5 Å². The normalized spacial score (nSPS) is 10.1. The first-order valence-corrected chi connectivity index (χ1v) is 10.3. The molecule has 4 rings (SSSR count). The predicted octanol–water partition coefficient (Wildman–Crippen LogP) is 3.68. The third-order valence-corrected chi connectivity index (χ3v) is 4.96. The second-order valence-corrected chi connectivity index (χ2v) is 7.29. The quantitative estimate of drug-likeness (QED) is 0.330. The summed E-state index contributed by atoms with van der Waals surface area (Å²) in [4.78, 5) is 33.1. The van der Waals surface area contributed by atoms with Crippen LogP contribution in [0.3, 0.4) is 0 Å². The van der Waals surface area contributed by atoms with Gasteiger partial charge in [-0.15, -0.1) is 0 Å². The Morgan fingerprint density at radius 3 is 2.59 bits per heavy atom. The standard InChI is InChI=1S/C15H14ClFN6O.C8H5NO/c1-8-5-9(3-4-10(8)17)6-18-15(24)12-13-11(19-7-20-12)14(21-16)22-23(13)2;9-5-7-1-3-8(6-10)4-2-7/h3-5,7H,6H2,1-2H3,(H,18,24)(H,21,22);1-4,6H. The number of nitrogens with zero attached hydrogens (tertiary/aromatic N) is 5. The molecule has 0 spiro atoms. The number of rotatable bonds is 5. The average molecular weight is 480 g/mol. The van der Waals surface area contributed by atoms with Crippen molar-refractivity contribution in [1.29, 1.82) is 5.26 Å². The molecule has 1 amide bonds. The molecule has 9 nitrogen and oxygen atoms in total. The van der Waals surface area contributed by atoms with Crippen molar-refractivity contribution in [3.05, 3.63) is 82.6 Å². The van der Waals surface area contributed by atoms with E-state index in [1.807, 2.05) is 6.07 Å². The monoisotopic (exact) mass is 479 g/mol. The minimum atomic E-state index is -0.381. The molecule has 0 fully saturated rings. The maximum atomic E-state index is 13.3. The second-order valence-electron chi connectivity index (χ2n) is 7.10. The zero-order valence-corrected chi connectivity index (χ0v) is 19.0. The number of aldehydes is 1. The topological polar surface area (TPSA) is 126 Å². The minimum absolute atomic E-state index is 0.187. The lowest BCUT2D eigenvalue weighted by Crippen LogP contribution is -2.24. The van der Waals surface area contributed by atoms with E-state index in [-0.39, 0.29) is 24.0 Å². The predicted molar refractivity (Wildman–Crippen MR) is 125 cm³/mol. The number of benzene rings is 2. The number of aryl methyl sites for hydroxylation is 2. The van der Waals surface area contributed by atoms with Crippen LogP contribution in [0.1, 0.15) is 37.5 Å². The first-order chi connectivity index (χ1) is 16.4. The first kappa shape index (κ1) is 24.3. The van der Waals surface area contributed by atoms with E-state index < -0.39 is 0 Å². The van der Waals surface area contributed by atoms with E-state index in [1.54, 1.807) is 50.4 Å². The number of fused-ring (bicyclic) bond motifs is 1. The molecular formula is C23H19ClFN7O2. The van der Waals surface area contributed by atoms with Crippen LogP contribution < -0.4 is 10.2 Å². The maximum absolute atomic E-state index is 13.3. The Morgan fingerprint density at radius 1 is 1.24 bits per heavy atom. The van der Waals surface area contributed by atoms with E-state index in [0.717, 1.165) is 11.8 Å². The van der Waals surface area contributed by atoms with E-state index in [4.69, 9.17) is 17.0 Å². The molecule has 0 aliphatic carbocycles. The van der Waals surface area contributed by atoms with E-state index in [2.05, 4.69) is 25.2 Å². The molecule has 0 atom stereocenters. The molecule has 2 aromatic heterocycles. The molecule has 0 radical (unpaired) electrons. The van der Waals surface area contributed by atoms with Crippen molar-refractivity contribution in [2.24, 2.45) is 7.05 Å². The summed E-state index contributed by atoms with van der Waals surface area (Å²) in [6, 6.07) is 13.1. The molecule has 0 unspecified atom stereocenters. The molecule has 172 valence electrons. The Morgan fingerprint density at radius 2 is 1.97 bits per heavy atom. The number of hydrogen-bond acceptors (Lipinski definition) is 7. The van der Waals surface area contributed by atoms with Gasteiger partial charge in [0.05, 0.1) is 11.6 Å². The Hall–Kier alpha value is -4.36. The molecule has 0 aliphatic rings. The van der Waals surface area contributed by atoms with Gasteiger partial charge in [-0.1, -0.05) is 24.3 Å². The smallest absolute Gasteiger partial charge is 0.272 e. The number of halogens is 2. The van der Waals surface area contributed by atoms with Gasteiger partial charge in [0.25, 0.3) is 5.91 Å². The zero-order valence-electron chi connectivity index (χ0n) is 18.2. The van der Waals surface area contributed by atoms with Crippen LogP contribution in [0.5, 0.6) is 0 Å². The van der Waals surface area contributed by atoms with Gasteiger partial charge in [-0.05, 0) is 36.2 Å². The van der Waals surface area contributed by atoms with E-state index in [9.17, 15) is 14.0 Å². The van der Waals surface area contributed by atoms with Gasteiger partial charge in [-0.3, -0.25) is 19.1 Å². The highest BCUT2D eigenvalue weighted by atomic mass is 35.5. The van der Waals surface area contributed by atoms with Crippen LogP contribution in [0.15, 0.2) is 48.8 Å². The van der Waals surface area contributed by atoms with Crippen LogP contribution in [0.2, 0.25) is 0 Å². The van der Waals surface area contributed by atoms with Crippen molar-refractivity contribution in [1.82, 2.24) is 25.1 Å². The lowest BCUT2D eigenvalue weighted by Gasteiger charge is -2.07. The second kappa shape index (κ2) is 11.0. The van der Waals surface area contributed by atoms with Crippen molar-refractivity contribution in [3.63, 3.8) is 0 Å². The number of anilines is 1. The van der Waals surface area contributed by atoms with Crippen LogP contribution in [0.4, 0.5) is 10.2 Å². The molecule has 11 heteroatoms. The molecule has 0 saturated heterocycles. The Kier molecular flexibility index (Phi) is 7.84. The van der Waals surface area contributed by atoms with Crippen molar-refractivity contribution in [3.8, 4) is 6.07 Å². The van der Waals surface area contributed by atoms with Crippen molar-refractivity contribution >= 4 is 40.8 Å². The lowest BCUT2D eigenvalue weighted by molar-refractivity contribution is 0.0947. The molecule has 34 heavy (non-hydrogen) atoms. The molecule has 0 bridgehead atoms. The van der Waals surface area contributed by atoms with Gasteiger partial charge in [0.15, 0.2) is 11.5 Å². The molecular weight excluding hydrogens is 461 g/mol. The van der Waals surface area contributed by atoms with Gasteiger partial charge in [0, 0.05) is 30.9 Å².